The van der Waals surface area contributed by atoms with Crippen LogP contribution < -0.4 is 20.5 Å². The predicted molar refractivity (Wildman–Crippen MR) is 69.6 cm³/mol. The molecule has 1 rings (SSSR count). The van der Waals surface area contributed by atoms with Crippen molar-refractivity contribution in [1.29, 1.82) is 0 Å². The topological polar surface area (TPSA) is 56.5 Å². The van der Waals surface area contributed by atoms with E-state index in [-0.39, 0.29) is 6.04 Å². The highest BCUT2D eigenvalue weighted by Gasteiger charge is 2.15. The van der Waals surface area contributed by atoms with E-state index in [0.717, 1.165) is 17.1 Å². The van der Waals surface area contributed by atoms with E-state index in [9.17, 15) is 0 Å². The normalized spacial score (nSPS) is 12.6. The molecule has 0 saturated carbocycles. The summed E-state index contributed by atoms with van der Waals surface area (Å²) in [5.74, 6) is 1.58. The molecule has 4 nitrogen and oxygen atoms in total. The van der Waals surface area contributed by atoms with Gasteiger partial charge in [-0.3, -0.25) is 0 Å². The molecule has 1 aromatic rings. The van der Waals surface area contributed by atoms with Crippen LogP contribution in [0.3, 0.4) is 0 Å². The Morgan fingerprint density at radius 3 is 2.41 bits per heavy atom. The van der Waals surface area contributed by atoms with Crippen molar-refractivity contribution < 1.29 is 9.47 Å². The molecule has 0 aromatic heterocycles. The number of methoxy groups -OCH3 is 2. The second kappa shape index (κ2) is 6.47. The van der Waals surface area contributed by atoms with Crippen LogP contribution in [0, 0.1) is 0 Å². The standard InChI is InChI=1S/C13H22N2O2/c1-9(2)15-12(8-14)11-6-5-10(16-3)7-13(11)17-4/h5-7,9,12,15H,8,14H2,1-4H3. The maximum absolute atomic E-state index is 5.80. The van der Waals surface area contributed by atoms with Gasteiger partial charge in [-0.05, 0) is 6.07 Å². The van der Waals surface area contributed by atoms with Gasteiger partial charge in [0, 0.05) is 30.3 Å². The first kappa shape index (κ1) is 13.8. The Kier molecular flexibility index (Phi) is 5.25. The van der Waals surface area contributed by atoms with Crippen molar-refractivity contribution >= 4 is 0 Å². The minimum Gasteiger partial charge on any atom is -0.497 e. The van der Waals surface area contributed by atoms with Gasteiger partial charge in [-0.2, -0.15) is 0 Å². The van der Waals surface area contributed by atoms with Crippen LogP contribution in [-0.2, 0) is 0 Å². The van der Waals surface area contributed by atoms with Crippen molar-refractivity contribution in [3.05, 3.63) is 23.8 Å². The molecule has 0 amide bonds. The Morgan fingerprint density at radius 1 is 1.24 bits per heavy atom. The van der Waals surface area contributed by atoms with E-state index in [0.29, 0.717) is 12.6 Å². The van der Waals surface area contributed by atoms with Gasteiger partial charge in [-0.25, -0.2) is 0 Å². The highest BCUT2D eigenvalue weighted by molar-refractivity contribution is 5.42. The number of nitrogens with one attached hydrogen (secondary N) is 1. The lowest BCUT2D eigenvalue weighted by molar-refractivity contribution is 0.381. The molecule has 0 aliphatic rings. The molecule has 96 valence electrons. The molecule has 1 aromatic carbocycles. The highest BCUT2D eigenvalue weighted by Crippen LogP contribution is 2.29. The molecule has 0 heterocycles. The zero-order valence-corrected chi connectivity index (χ0v) is 11.0. The monoisotopic (exact) mass is 238 g/mol. The number of hydrogen-bond donors (Lipinski definition) is 2. The summed E-state index contributed by atoms with van der Waals surface area (Å²) in [6.45, 7) is 4.72. The van der Waals surface area contributed by atoms with Crippen LogP contribution >= 0.6 is 0 Å². The van der Waals surface area contributed by atoms with Crippen molar-refractivity contribution in [2.75, 3.05) is 20.8 Å². The summed E-state index contributed by atoms with van der Waals surface area (Å²) in [5, 5.41) is 3.41. The minimum absolute atomic E-state index is 0.0934. The number of benzene rings is 1. The molecular formula is C13H22N2O2. The van der Waals surface area contributed by atoms with Gasteiger partial charge in [0.1, 0.15) is 11.5 Å². The number of rotatable bonds is 6. The lowest BCUT2D eigenvalue weighted by Gasteiger charge is -2.22. The molecule has 0 aliphatic carbocycles. The summed E-state index contributed by atoms with van der Waals surface area (Å²) in [7, 11) is 3.29. The maximum atomic E-state index is 5.80. The van der Waals surface area contributed by atoms with Gasteiger partial charge in [0.15, 0.2) is 0 Å². The van der Waals surface area contributed by atoms with Crippen LogP contribution in [-0.4, -0.2) is 26.8 Å². The van der Waals surface area contributed by atoms with E-state index in [1.54, 1.807) is 14.2 Å². The molecule has 3 N–H and O–H groups in total. The van der Waals surface area contributed by atoms with Crippen molar-refractivity contribution in [3.63, 3.8) is 0 Å². The third-order valence-corrected chi connectivity index (χ3v) is 2.59. The minimum atomic E-state index is 0.0934. The van der Waals surface area contributed by atoms with Crippen LogP contribution in [0.1, 0.15) is 25.5 Å². The molecule has 0 fully saturated rings. The second-order valence-electron chi connectivity index (χ2n) is 4.22. The van der Waals surface area contributed by atoms with E-state index in [2.05, 4.69) is 19.2 Å². The Morgan fingerprint density at radius 2 is 1.94 bits per heavy atom. The highest BCUT2D eigenvalue weighted by atomic mass is 16.5. The van der Waals surface area contributed by atoms with Gasteiger partial charge >= 0.3 is 0 Å². The first-order valence-corrected chi connectivity index (χ1v) is 5.80. The maximum Gasteiger partial charge on any atom is 0.127 e. The van der Waals surface area contributed by atoms with Crippen LogP contribution in [0.15, 0.2) is 18.2 Å². The zero-order chi connectivity index (χ0) is 12.8. The summed E-state index contributed by atoms with van der Waals surface area (Å²) >= 11 is 0. The third-order valence-electron chi connectivity index (χ3n) is 2.59. The van der Waals surface area contributed by atoms with E-state index < -0.39 is 0 Å². The molecular weight excluding hydrogens is 216 g/mol. The SMILES string of the molecule is COc1ccc(C(CN)NC(C)C)c(OC)c1. The molecule has 0 aliphatic heterocycles. The molecule has 0 radical (unpaired) electrons. The predicted octanol–water partition coefficient (Wildman–Crippen LogP) is 1.70. The summed E-state index contributed by atoms with van der Waals surface area (Å²) in [5.41, 5.74) is 6.86. The summed E-state index contributed by atoms with van der Waals surface area (Å²) in [6.07, 6.45) is 0. The van der Waals surface area contributed by atoms with Crippen molar-refractivity contribution in [3.8, 4) is 11.5 Å². The van der Waals surface area contributed by atoms with Crippen molar-refractivity contribution in [2.24, 2.45) is 5.73 Å². The third kappa shape index (κ3) is 3.61. The number of hydrogen-bond acceptors (Lipinski definition) is 4. The lowest BCUT2D eigenvalue weighted by atomic mass is 10.0. The number of ether oxygens (including phenoxy) is 2. The van der Waals surface area contributed by atoms with E-state index in [4.69, 9.17) is 15.2 Å². The largest absolute Gasteiger partial charge is 0.497 e. The van der Waals surface area contributed by atoms with Gasteiger partial charge in [0.25, 0.3) is 0 Å². The fraction of sp³-hybridized carbons (Fsp3) is 0.538. The van der Waals surface area contributed by atoms with Crippen molar-refractivity contribution in [2.45, 2.75) is 25.9 Å². The van der Waals surface area contributed by atoms with Gasteiger partial charge in [0.05, 0.1) is 14.2 Å². The average molecular weight is 238 g/mol. The quantitative estimate of drug-likeness (QED) is 0.792. The molecule has 17 heavy (non-hydrogen) atoms. The molecule has 1 atom stereocenters. The smallest absolute Gasteiger partial charge is 0.127 e. The van der Waals surface area contributed by atoms with Crippen LogP contribution in [0.2, 0.25) is 0 Å². The molecule has 0 saturated heterocycles. The van der Waals surface area contributed by atoms with Gasteiger partial charge in [-0.15, -0.1) is 0 Å². The first-order chi connectivity index (χ1) is 8.12. The average Bonchev–Trinajstić information content (AvgIpc) is 2.35. The Labute approximate surface area is 103 Å². The molecule has 0 spiro atoms. The first-order valence-electron chi connectivity index (χ1n) is 5.80. The second-order valence-corrected chi connectivity index (χ2v) is 4.22. The van der Waals surface area contributed by atoms with E-state index >= 15 is 0 Å². The summed E-state index contributed by atoms with van der Waals surface area (Å²) in [6, 6.07) is 6.25. The van der Waals surface area contributed by atoms with Crippen molar-refractivity contribution in [1.82, 2.24) is 5.32 Å². The summed E-state index contributed by atoms with van der Waals surface area (Å²) < 4.78 is 10.6. The fourth-order valence-corrected chi connectivity index (χ4v) is 1.79. The Bertz CT molecular complexity index is 353. The molecule has 4 heteroatoms. The fourth-order valence-electron chi connectivity index (χ4n) is 1.79. The van der Waals surface area contributed by atoms with Gasteiger partial charge in [0.2, 0.25) is 0 Å². The van der Waals surface area contributed by atoms with E-state index in [1.807, 2.05) is 18.2 Å². The molecule has 0 bridgehead atoms. The van der Waals surface area contributed by atoms with Crippen LogP contribution in [0.4, 0.5) is 0 Å². The summed E-state index contributed by atoms with van der Waals surface area (Å²) in [4.78, 5) is 0. The van der Waals surface area contributed by atoms with E-state index in [1.165, 1.54) is 0 Å². The Balaban J connectivity index is 3.01. The van der Waals surface area contributed by atoms with Gasteiger partial charge < -0.3 is 20.5 Å². The lowest BCUT2D eigenvalue weighted by Crippen LogP contribution is -2.33. The Hall–Kier alpha value is -1.26. The zero-order valence-electron chi connectivity index (χ0n) is 11.0. The number of nitrogens with two attached hydrogens (primary N) is 1. The van der Waals surface area contributed by atoms with Crippen LogP contribution in [0.25, 0.3) is 0 Å². The van der Waals surface area contributed by atoms with Crippen LogP contribution in [0.5, 0.6) is 11.5 Å². The van der Waals surface area contributed by atoms with Gasteiger partial charge in [-0.1, -0.05) is 19.9 Å². The molecule has 1 unspecified atom stereocenters.